The summed E-state index contributed by atoms with van der Waals surface area (Å²) >= 11 is 7.88. The Morgan fingerprint density at radius 3 is 2.82 bits per heavy atom. The number of halogens is 1. The minimum atomic E-state index is 0.797. The van der Waals surface area contributed by atoms with Gasteiger partial charge in [0.2, 0.25) is 0 Å². The zero-order chi connectivity index (χ0) is 12.0. The first kappa shape index (κ1) is 10.8. The number of thiophene rings is 1. The van der Waals surface area contributed by atoms with Gasteiger partial charge >= 0.3 is 0 Å². The third kappa shape index (κ3) is 1.75. The van der Waals surface area contributed by atoms with Crippen molar-refractivity contribution in [3.05, 3.63) is 39.7 Å². The van der Waals surface area contributed by atoms with Crippen LogP contribution in [0.25, 0.3) is 21.7 Å². The van der Waals surface area contributed by atoms with E-state index in [1.54, 1.807) is 11.3 Å². The number of imidazole rings is 1. The second kappa shape index (κ2) is 3.86. The maximum Gasteiger partial charge on any atom is 0.150 e. The smallest absolute Gasteiger partial charge is 0.150 e. The second-order valence-electron chi connectivity index (χ2n) is 4.17. The van der Waals surface area contributed by atoms with E-state index in [1.807, 2.05) is 13.0 Å². The van der Waals surface area contributed by atoms with Gasteiger partial charge in [-0.2, -0.15) is 0 Å². The van der Waals surface area contributed by atoms with E-state index < -0.39 is 0 Å². The van der Waals surface area contributed by atoms with Gasteiger partial charge in [0.1, 0.15) is 5.82 Å². The Morgan fingerprint density at radius 1 is 1.29 bits per heavy atom. The molecule has 1 N–H and O–H groups in total. The van der Waals surface area contributed by atoms with E-state index in [0.717, 1.165) is 32.3 Å². The number of fused-ring (bicyclic) bond motifs is 1. The van der Waals surface area contributed by atoms with Gasteiger partial charge in [0.05, 0.1) is 20.9 Å². The molecule has 2 heterocycles. The minimum absolute atomic E-state index is 0.797. The molecule has 86 valence electrons. The summed E-state index contributed by atoms with van der Waals surface area (Å²) in [5, 5.41) is 2.85. The van der Waals surface area contributed by atoms with Gasteiger partial charge in [-0.05, 0) is 42.5 Å². The van der Waals surface area contributed by atoms with E-state index in [-0.39, 0.29) is 0 Å². The number of rotatable bonds is 1. The summed E-state index contributed by atoms with van der Waals surface area (Å²) in [4.78, 5) is 8.90. The molecule has 0 atom stereocenters. The van der Waals surface area contributed by atoms with Crippen LogP contribution in [0.4, 0.5) is 0 Å². The Hall–Kier alpha value is -1.32. The molecular weight excluding hydrogens is 252 g/mol. The number of H-pyrrole nitrogens is 1. The van der Waals surface area contributed by atoms with Crippen LogP contribution in [-0.2, 0) is 0 Å². The molecule has 0 aliphatic rings. The lowest BCUT2D eigenvalue weighted by Gasteiger charge is -1.92. The van der Waals surface area contributed by atoms with Crippen molar-refractivity contribution >= 4 is 34.0 Å². The van der Waals surface area contributed by atoms with E-state index in [1.165, 1.54) is 5.56 Å². The van der Waals surface area contributed by atoms with E-state index >= 15 is 0 Å². The van der Waals surface area contributed by atoms with Crippen LogP contribution in [0, 0.1) is 13.8 Å². The summed E-state index contributed by atoms with van der Waals surface area (Å²) in [7, 11) is 0. The van der Waals surface area contributed by atoms with Crippen molar-refractivity contribution in [1.29, 1.82) is 0 Å². The Bertz CT molecular complexity index is 697. The average molecular weight is 263 g/mol. The molecule has 17 heavy (non-hydrogen) atoms. The Labute approximate surface area is 108 Å². The van der Waals surface area contributed by atoms with Crippen LogP contribution >= 0.6 is 22.9 Å². The Morgan fingerprint density at radius 2 is 2.12 bits per heavy atom. The number of nitrogens with one attached hydrogen (secondary N) is 1. The van der Waals surface area contributed by atoms with Crippen LogP contribution in [0.15, 0.2) is 23.6 Å². The summed E-state index contributed by atoms with van der Waals surface area (Å²) in [6, 6.07) is 6.19. The van der Waals surface area contributed by atoms with Crippen LogP contribution in [-0.4, -0.2) is 9.97 Å². The van der Waals surface area contributed by atoms with E-state index in [9.17, 15) is 0 Å². The van der Waals surface area contributed by atoms with Crippen molar-refractivity contribution < 1.29 is 0 Å². The lowest BCUT2D eigenvalue weighted by molar-refractivity contribution is 1.35. The van der Waals surface area contributed by atoms with Gasteiger partial charge < -0.3 is 4.98 Å². The van der Waals surface area contributed by atoms with Crippen molar-refractivity contribution in [1.82, 2.24) is 9.97 Å². The Kier molecular flexibility index (Phi) is 2.45. The zero-order valence-corrected chi connectivity index (χ0v) is 11.1. The predicted octanol–water partition coefficient (Wildman–Crippen LogP) is 4.56. The number of benzene rings is 1. The first-order valence-electron chi connectivity index (χ1n) is 5.35. The standard InChI is InChI=1S/C13H11ClN2S/c1-7-3-4-9-10(5-7)16-13(15-9)12-11(14)8(2)6-17-12/h3-6H,1-2H3,(H,15,16). The van der Waals surface area contributed by atoms with Crippen molar-refractivity contribution in [3.63, 3.8) is 0 Å². The van der Waals surface area contributed by atoms with Gasteiger partial charge in [-0.15, -0.1) is 11.3 Å². The third-order valence-electron chi connectivity index (χ3n) is 2.75. The molecule has 3 aromatic rings. The molecule has 0 bridgehead atoms. The zero-order valence-electron chi connectivity index (χ0n) is 9.54. The van der Waals surface area contributed by atoms with Crippen molar-refractivity contribution in [3.8, 4) is 10.7 Å². The lowest BCUT2D eigenvalue weighted by Crippen LogP contribution is -1.76. The summed E-state index contributed by atoms with van der Waals surface area (Å²) in [6.07, 6.45) is 0. The lowest BCUT2D eigenvalue weighted by atomic mass is 10.2. The predicted molar refractivity (Wildman–Crippen MR) is 73.9 cm³/mol. The summed E-state index contributed by atoms with van der Waals surface area (Å²) < 4.78 is 0. The van der Waals surface area contributed by atoms with Crippen molar-refractivity contribution in [2.45, 2.75) is 13.8 Å². The highest BCUT2D eigenvalue weighted by Gasteiger charge is 2.12. The highest BCUT2D eigenvalue weighted by molar-refractivity contribution is 7.14. The number of nitrogens with zero attached hydrogens (tertiary/aromatic N) is 1. The minimum Gasteiger partial charge on any atom is -0.337 e. The molecule has 0 saturated carbocycles. The highest BCUT2D eigenvalue weighted by Crippen LogP contribution is 2.35. The molecule has 0 saturated heterocycles. The molecule has 4 heteroatoms. The monoisotopic (exact) mass is 262 g/mol. The second-order valence-corrected chi connectivity index (χ2v) is 5.43. The molecular formula is C13H11ClN2S. The fraction of sp³-hybridized carbons (Fsp3) is 0.154. The first-order chi connectivity index (χ1) is 8.15. The number of aryl methyl sites for hydroxylation is 2. The summed E-state index contributed by atoms with van der Waals surface area (Å²) in [5.74, 6) is 0.855. The highest BCUT2D eigenvalue weighted by atomic mass is 35.5. The number of hydrogen-bond acceptors (Lipinski definition) is 2. The van der Waals surface area contributed by atoms with Gasteiger partial charge in [0.15, 0.2) is 0 Å². The molecule has 0 aliphatic heterocycles. The van der Waals surface area contributed by atoms with Gasteiger partial charge in [0, 0.05) is 0 Å². The quantitative estimate of drug-likeness (QED) is 0.684. The van der Waals surface area contributed by atoms with Crippen LogP contribution in [0.2, 0.25) is 5.02 Å². The molecule has 1 aromatic carbocycles. The molecule has 3 rings (SSSR count). The maximum absolute atomic E-state index is 6.25. The molecule has 0 radical (unpaired) electrons. The third-order valence-corrected chi connectivity index (χ3v) is 4.46. The first-order valence-corrected chi connectivity index (χ1v) is 6.61. The van der Waals surface area contributed by atoms with Crippen LogP contribution in [0.5, 0.6) is 0 Å². The fourth-order valence-electron chi connectivity index (χ4n) is 1.82. The molecule has 0 aliphatic carbocycles. The molecule has 0 amide bonds. The molecule has 0 fully saturated rings. The van der Waals surface area contributed by atoms with Crippen molar-refractivity contribution in [2.75, 3.05) is 0 Å². The van der Waals surface area contributed by atoms with E-state index in [2.05, 4.69) is 34.4 Å². The normalized spacial score (nSPS) is 11.2. The summed E-state index contributed by atoms with van der Waals surface area (Å²) in [5.41, 5.74) is 4.36. The number of hydrogen-bond donors (Lipinski definition) is 1. The Balaban J connectivity index is 2.21. The fourth-order valence-corrected chi connectivity index (χ4v) is 3.05. The number of aromatic nitrogens is 2. The maximum atomic E-state index is 6.25. The van der Waals surface area contributed by atoms with Gasteiger partial charge in [-0.25, -0.2) is 4.98 Å². The average Bonchev–Trinajstić information content (AvgIpc) is 2.83. The van der Waals surface area contributed by atoms with Crippen LogP contribution in [0.3, 0.4) is 0 Å². The largest absolute Gasteiger partial charge is 0.337 e. The van der Waals surface area contributed by atoms with Gasteiger partial charge in [0.25, 0.3) is 0 Å². The van der Waals surface area contributed by atoms with Crippen LogP contribution < -0.4 is 0 Å². The van der Waals surface area contributed by atoms with E-state index in [4.69, 9.17) is 11.6 Å². The van der Waals surface area contributed by atoms with Gasteiger partial charge in [-0.3, -0.25) is 0 Å². The number of aromatic amines is 1. The van der Waals surface area contributed by atoms with Crippen molar-refractivity contribution in [2.24, 2.45) is 0 Å². The molecule has 2 nitrogen and oxygen atoms in total. The summed E-state index contributed by atoms with van der Waals surface area (Å²) in [6.45, 7) is 4.08. The van der Waals surface area contributed by atoms with Gasteiger partial charge in [-0.1, -0.05) is 17.7 Å². The molecule has 0 unspecified atom stereocenters. The van der Waals surface area contributed by atoms with E-state index in [0.29, 0.717) is 0 Å². The van der Waals surface area contributed by atoms with Crippen LogP contribution in [0.1, 0.15) is 11.1 Å². The topological polar surface area (TPSA) is 28.7 Å². The molecule has 0 spiro atoms. The molecule has 2 aromatic heterocycles. The SMILES string of the molecule is Cc1ccc2nc(-c3scc(C)c3Cl)[nH]c2c1.